The minimum Gasteiger partial charge on any atom is -0.454 e. The molecular weight excluding hydrogens is 521 g/mol. The molecule has 1 heterocycles. The number of hydrazine groups is 1. The van der Waals surface area contributed by atoms with Crippen LogP contribution >= 0.6 is 23.2 Å². The SMILES string of the molecule is O=C(COC(=O)c1ccc(N2C(=O)CC(NNC(=O)c3ccccc3)C2=O)cc1)c1ccc(Cl)c(Cl)c1. The molecule has 1 unspecified atom stereocenters. The average molecular weight is 540 g/mol. The highest BCUT2D eigenvalue weighted by Gasteiger charge is 2.39. The van der Waals surface area contributed by atoms with Crippen molar-refractivity contribution in [2.24, 2.45) is 0 Å². The summed E-state index contributed by atoms with van der Waals surface area (Å²) in [5, 5.41) is 0.501. The molecule has 1 saturated heterocycles. The number of ketones is 1. The predicted molar refractivity (Wildman–Crippen MR) is 135 cm³/mol. The third-order valence-electron chi connectivity index (χ3n) is 5.48. The second-order valence-electron chi connectivity index (χ2n) is 7.96. The van der Waals surface area contributed by atoms with Gasteiger partial charge in [-0.25, -0.2) is 15.1 Å². The van der Waals surface area contributed by atoms with E-state index in [2.05, 4.69) is 10.9 Å². The van der Waals surface area contributed by atoms with E-state index in [1.807, 2.05) is 0 Å². The van der Waals surface area contributed by atoms with Gasteiger partial charge >= 0.3 is 5.97 Å². The number of benzene rings is 3. The van der Waals surface area contributed by atoms with Gasteiger partial charge in [-0.1, -0.05) is 41.4 Å². The summed E-state index contributed by atoms with van der Waals surface area (Å²) in [7, 11) is 0. The van der Waals surface area contributed by atoms with E-state index >= 15 is 0 Å². The number of hydrogen-bond acceptors (Lipinski definition) is 7. The zero-order valence-corrected chi connectivity index (χ0v) is 20.6. The number of halogens is 2. The average Bonchev–Trinajstić information content (AvgIpc) is 3.20. The van der Waals surface area contributed by atoms with Crippen LogP contribution in [0.5, 0.6) is 0 Å². The zero-order valence-electron chi connectivity index (χ0n) is 19.1. The van der Waals surface area contributed by atoms with Crippen molar-refractivity contribution in [3.8, 4) is 0 Å². The number of carbonyl (C=O) groups excluding carboxylic acids is 5. The van der Waals surface area contributed by atoms with E-state index in [-0.39, 0.29) is 28.3 Å². The van der Waals surface area contributed by atoms with Crippen LogP contribution in [0.15, 0.2) is 72.8 Å². The van der Waals surface area contributed by atoms with Gasteiger partial charge in [0.2, 0.25) is 5.91 Å². The Morgan fingerprint density at radius 1 is 0.865 bits per heavy atom. The Balaban J connectivity index is 1.33. The topological polar surface area (TPSA) is 122 Å². The third-order valence-corrected chi connectivity index (χ3v) is 6.22. The third kappa shape index (κ3) is 6.03. The van der Waals surface area contributed by atoms with Crippen molar-refractivity contribution in [3.63, 3.8) is 0 Å². The zero-order chi connectivity index (χ0) is 26.5. The van der Waals surface area contributed by atoms with E-state index in [0.29, 0.717) is 10.6 Å². The van der Waals surface area contributed by atoms with Gasteiger partial charge in [-0.15, -0.1) is 0 Å². The van der Waals surface area contributed by atoms with Gasteiger partial charge in [0.1, 0.15) is 6.04 Å². The summed E-state index contributed by atoms with van der Waals surface area (Å²) in [4.78, 5) is 63.1. The molecule has 1 aliphatic heterocycles. The molecule has 0 saturated carbocycles. The van der Waals surface area contributed by atoms with Crippen LogP contribution in [-0.4, -0.2) is 42.1 Å². The Morgan fingerprint density at radius 3 is 2.22 bits per heavy atom. The van der Waals surface area contributed by atoms with Crippen molar-refractivity contribution < 1.29 is 28.7 Å². The van der Waals surface area contributed by atoms with E-state index in [1.54, 1.807) is 30.3 Å². The molecule has 1 aliphatic rings. The Morgan fingerprint density at radius 2 is 1.54 bits per heavy atom. The number of ether oxygens (including phenoxy) is 1. The molecule has 0 spiro atoms. The van der Waals surface area contributed by atoms with Gasteiger partial charge in [0.05, 0.1) is 27.7 Å². The summed E-state index contributed by atoms with van der Waals surface area (Å²) in [5.74, 6) is -2.70. The normalized spacial score (nSPS) is 15.0. The van der Waals surface area contributed by atoms with Crippen LogP contribution in [0.25, 0.3) is 0 Å². The van der Waals surface area contributed by atoms with Crippen molar-refractivity contribution in [2.45, 2.75) is 12.5 Å². The summed E-state index contributed by atoms with van der Waals surface area (Å²) >= 11 is 11.7. The van der Waals surface area contributed by atoms with Gasteiger partial charge in [0.25, 0.3) is 11.8 Å². The molecule has 3 aromatic carbocycles. The Hall–Kier alpha value is -4.05. The van der Waals surface area contributed by atoms with E-state index in [4.69, 9.17) is 27.9 Å². The fourth-order valence-corrected chi connectivity index (χ4v) is 3.84. The Labute approximate surface area is 221 Å². The van der Waals surface area contributed by atoms with Crippen molar-refractivity contribution in [1.29, 1.82) is 0 Å². The van der Waals surface area contributed by atoms with Crippen molar-refractivity contribution >= 4 is 58.4 Å². The molecule has 0 bridgehead atoms. The van der Waals surface area contributed by atoms with Crippen LogP contribution < -0.4 is 15.8 Å². The van der Waals surface area contributed by atoms with E-state index in [1.165, 1.54) is 42.5 Å². The number of esters is 1. The second-order valence-corrected chi connectivity index (χ2v) is 8.78. The van der Waals surface area contributed by atoms with Crippen LogP contribution in [0.3, 0.4) is 0 Å². The molecule has 9 nitrogen and oxygen atoms in total. The van der Waals surface area contributed by atoms with Gasteiger partial charge < -0.3 is 4.74 Å². The highest BCUT2D eigenvalue weighted by Crippen LogP contribution is 2.24. The second kappa shape index (κ2) is 11.3. The lowest BCUT2D eigenvalue weighted by atomic mass is 10.1. The van der Waals surface area contributed by atoms with Gasteiger partial charge in [-0.2, -0.15) is 0 Å². The fourth-order valence-electron chi connectivity index (χ4n) is 3.54. The summed E-state index contributed by atoms with van der Waals surface area (Å²) in [5.41, 5.74) is 6.04. The molecule has 0 aromatic heterocycles. The lowest BCUT2D eigenvalue weighted by Crippen LogP contribution is -2.48. The lowest BCUT2D eigenvalue weighted by Gasteiger charge is -2.16. The molecule has 3 amide bonds. The highest BCUT2D eigenvalue weighted by atomic mass is 35.5. The van der Waals surface area contributed by atoms with E-state index in [0.717, 1.165) is 4.90 Å². The molecule has 0 aliphatic carbocycles. The molecule has 0 radical (unpaired) electrons. The maximum Gasteiger partial charge on any atom is 0.338 e. The smallest absolute Gasteiger partial charge is 0.338 e. The minimum atomic E-state index is -0.947. The van der Waals surface area contributed by atoms with Crippen molar-refractivity contribution in [2.75, 3.05) is 11.5 Å². The summed E-state index contributed by atoms with van der Waals surface area (Å²) in [6.45, 7) is -0.510. The van der Waals surface area contributed by atoms with Crippen LogP contribution in [0.2, 0.25) is 10.0 Å². The fraction of sp³-hybridized carbons (Fsp3) is 0.115. The number of amides is 3. The summed E-state index contributed by atoms with van der Waals surface area (Å²) in [6, 6.07) is 17.3. The molecule has 3 aromatic rings. The molecule has 37 heavy (non-hydrogen) atoms. The largest absolute Gasteiger partial charge is 0.454 e. The van der Waals surface area contributed by atoms with Gasteiger partial charge in [0.15, 0.2) is 12.4 Å². The molecule has 1 fully saturated rings. The lowest BCUT2D eigenvalue weighted by molar-refractivity contribution is -0.121. The van der Waals surface area contributed by atoms with Gasteiger partial charge in [0, 0.05) is 11.1 Å². The number of Topliss-reactive ketones (excluding diaryl/α,β-unsaturated/α-hetero) is 1. The maximum atomic E-state index is 12.8. The van der Waals surface area contributed by atoms with Crippen LogP contribution in [0.4, 0.5) is 5.69 Å². The van der Waals surface area contributed by atoms with E-state index in [9.17, 15) is 24.0 Å². The standard InChI is InChI=1S/C26H19Cl2N3O6/c27-19-11-8-17(12-20(19)28)22(32)14-37-26(36)16-6-9-18(10-7-16)31-23(33)13-21(25(31)35)29-30-24(34)15-4-2-1-3-5-15/h1-12,21,29H,13-14H2,(H,30,34). The monoisotopic (exact) mass is 539 g/mol. The number of nitrogens with zero attached hydrogens (tertiary/aromatic N) is 1. The van der Waals surface area contributed by atoms with Crippen LogP contribution in [0.1, 0.15) is 37.5 Å². The molecular formula is C26H19Cl2N3O6. The molecule has 188 valence electrons. The first-order valence-electron chi connectivity index (χ1n) is 11.0. The number of nitrogens with one attached hydrogen (secondary N) is 2. The first-order valence-corrected chi connectivity index (χ1v) is 11.7. The Bertz CT molecular complexity index is 1380. The molecule has 11 heteroatoms. The summed E-state index contributed by atoms with van der Waals surface area (Å²) < 4.78 is 5.07. The maximum absolute atomic E-state index is 12.8. The van der Waals surface area contributed by atoms with Crippen LogP contribution in [-0.2, 0) is 14.3 Å². The highest BCUT2D eigenvalue weighted by molar-refractivity contribution is 6.42. The van der Waals surface area contributed by atoms with Gasteiger partial charge in [-0.05, 0) is 54.6 Å². The van der Waals surface area contributed by atoms with Crippen LogP contribution in [0, 0.1) is 0 Å². The number of anilines is 1. The number of imide groups is 1. The van der Waals surface area contributed by atoms with Gasteiger partial charge in [-0.3, -0.25) is 24.6 Å². The molecule has 4 rings (SSSR count). The first kappa shape index (κ1) is 26.0. The number of hydrogen-bond donors (Lipinski definition) is 2. The number of carbonyl (C=O) groups is 5. The quantitative estimate of drug-likeness (QED) is 0.194. The first-order chi connectivity index (χ1) is 17.7. The van der Waals surface area contributed by atoms with E-state index < -0.39 is 42.1 Å². The summed E-state index contributed by atoms with van der Waals surface area (Å²) in [6.07, 6.45) is -0.158. The minimum absolute atomic E-state index is 0.120. The Kier molecular flexibility index (Phi) is 7.98. The van der Waals surface area contributed by atoms with Crippen molar-refractivity contribution in [3.05, 3.63) is 99.5 Å². The predicted octanol–water partition coefficient (Wildman–Crippen LogP) is 3.60. The van der Waals surface area contributed by atoms with Crippen molar-refractivity contribution in [1.82, 2.24) is 10.9 Å². The number of rotatable bonds is 8. The molecule has 2 N–H and O–H groups in total. The molecule has 1 atom stereocenters.